The van der Waals surface area contributed by atoms with Crippen molar-refractivity contribution in [1.29, 1.82) is 0 Å². The van der Waals surface area contributed by atoms with Crippen LogP contribution in [0.2, 0.25) is 0 Å². The Balaban J connectivity index is 1.74. The molecule has 0 aliphatic carbocycles. The molecule has 2 aromatic heterocycles. The monoisotopic (exact) mass is 255 g/mol. The second kappa shape index (κ2) is 5.25. The molecule has 4 heteroatoms. The molecule has 0 saturated carbocycles. The number of benzene rings is 1. The quantitative estimate of drug-likeness (QED) is 0.779. The van der Waals surface area contributed by atoms with Gasteiger partial charge in [-0.15, -0.1) is 11.3 Å². The van der Waals surface area contributed by atoms with Gasteiger partial charge >= 0.3 is 0 Å². The van der Waals surface area contributed by atoms with Crippen LogP contribution in [0, 0.1) is 0 Å². The van der Waals surface area contributed by atoms with Gasteiger partial charge in [0.1, 0.15) is 0 Å². The van der Waals surface area contributed by atoms with Gasteiger partial charge in [0.2, 0.25) is 0 Å². The molecular formula is C14H13N3S. The molecule has 0 aliphatic heterocycles. The van der Waals surface area contributed by atoms with Gasteiger partial charge in [-0.2, -0.15) is 0 Å². The molecule has 18 heavy (non-hydrogen) atoms. The van der Waals surface area contributed by atoms with Crippen LogP contribution in [-0.4, -0.2) is 9.97 Å². The zero-order valence-corrected chi connectivity index (χ0v) is 10.7. The minimum absolute atomic E-state index is 0.860. The number of nitrogens with zero attached hydrogens (tertiary/aromatic N) is 2. The molecule has 3 nitrogen and oxygen atoms in total. The first-order chi connectivity index (χ1) is 8.93. The number of aromatic nitrogens is 2. The number of rotatable bonds is 4. The van der Waals surface area contributed by atoms with Crippen LogP contribution in [0.15, 0.2) is 48.4 Å². The first-order valence-electron chi connectivity index (χ1n) is 5.83. The van der Waals surface area contributed by atoms with Gasteiger partial charge in [-0.25, -0.2) is 0 Å². The van der Waals surface area contributed by atoms with E-state index < -0.39 is 0 Å². The summed E-state index contributed by atoms with van der Waals surface area (Å²) in [6.45, 7) is 1.73. The van der Waals surface area contributed by atoms with Gasteiger partial charge in [-0.3, -0.25) is 9.97 Å². The summed E-state index contributed by atoms with van der Waals surface area (Å²) < 4.78 is 0. The van der Waals surface area contributed by atoms with E-state index in [4.69, 9.17) is 0 Å². The molecular weight excluding hydrogens is 242 g/mol. The van der Waals surface area contributed by atoms with Crippen LogP contribution < -0.4 is 5.32 Å². The molecule has 0 fully saturated rings. The predicted molar refractivity (Wildman–Crippen MR) is 74.4 cm³/mol. The Morgan fingerprint density at radius 2 is 2.06 bits per heavy atom. The molecule has 3 aromatic rings. The van der Waals surface area contributed by atoms with E-state index in [-0.39, 0.29) is 0 Å². The third-order valence-electron chi connectivity index (χ3n) is 2.87. The van der Waals surface area contributed by atoms with Crippen molar-refractivity contribution in [3.8, 4) is 0 Å². The SMILES string of the molecule is c1cc(CNCc2cncs2)c2ccncc2c1. The molecule has 0 spiro atoms. The van der Waals surface area contributed by atoms with Crippen LogP contribution in [0.25, 0.3) is 10.8 Å². The van der Waals surface area contributed by atoms with Gasteiger partial charge in [0.25, 0.3) is 0 Å². The summed E-state index contributed by atoms with van der Waals surface area (Å²) in [5.74, 6) is 0. The topological polar surface area (TPSA) is 37.8 Å². The maximum absolute atomic E-state index is 4.15. The van der Waals surface area contributed by atoms with Gasteiger partial charge < -0.3 is 5.32 Å². The van der Waals surface area contributed by atoms with Gasteiger partial charge in [0.15, 0.2) is 0 Å². The summed E-state index contributed by atoms with van der Waals surface area (Å²) in [6.07, 6.45) is 5.65. The standard InChI is InChI=1S/C14H13N3S/c1-2-11-6-15-5-4-14(11)12(3-1)7-16-8-13-9-17-10-18-13/h1-6,9-10,16H,7-8H2. The van der Waals surface area contributed by atoms with E-state index in [0.29, 0.717) is 0 Å². The summed E-state index contributed by atoms with van der Waals surface area (Å²) in [5, 5.41) is 5.90. The first-order valence-corrected chi connectivity index (χ1v) is 6.71. The Bertz CT molecular complexity index is 629. The second-order valence-electron chi connectivity index (χ2n) is 4.09. The highest BCUT2D eigenvalue weighted by Crippen LogP contribution is 2.17. The summed E-state index contributed by atoms with van der Waals surface area (Å²) in [4.78, 5) is 9.48. The van der Waals surface area contributed by atoms with Crippen molar-refractivity contribution in [1.82, 2.24) is 15.3 Å². The first kappa shape index (κ1) is 11.3. The Kier molecular flexibility index (Phi) is 3.30. The van der Waals surface area contributed by atoms with Crippen molar-refractivity contribution in [3.63, 3.8) is 0 Å². The minimum atomic E-state index is 0.860. The highest BCUT2D eigenvalue weighted by molar-refractivity contribution is 7.09. The fourth-order valence-corrected chi connectivity index (χ4v) is 2.56. The van der Waals surface area contributed by atoms with Gasteiger partial charge in [0, 0.05) is 41.9 Å². The Labute approximate surface area is 110 Å². The molecule has 0 saturated heterocycles. The van der Waals surface area contributed by atoms with E-state index in [0.717, 1.165) is 13.1 Å². The Morgan fingerprint density at radius 1 is 1.06 bits per heavy atom. The smallest absolute Gasteiger partial charge is 0.0794 e. The zero-order chi connectivity index (χ0) is 12.2. The number of nitrogens with one attached hydrogen (secondary N) is 1. The summed E-state index contributed by atoms with van der Waals surface area (Å²) in [6, 6.07) is 8.39. The van der Waals surface area contributed by atoms with Gasteiger partial charge in [0.05, 0.1) is 5.51 Å². The van der Waals surface area contributed by atoms with E-state index >= 15 is 0 Å². The summed E-state index contributed by atoms with van der Waals surface area (Å²) in [7, 11) is 0. The number of pyridine rings is 1. The van der Waals surface area contributed by atoms with Crippen LogP contribution in [0.5, 0.6) is 0 Å². The molecule has 1 N–H and O–H groups in total. The van der Waals surface area contributed by atoms with Gasteiger partial charge in [-0.05, 0) is 17.0 Å². The minimum Gasteiger partial charge on any atom is -0.308 e. The Morgan fingerprint density at radius 3 is 2.94 bits per heavy atom. The molecule has 0 atom stereocenters. The molecule has 0 radical (unpaired) electrons. The highest BCUT2D eigenvalue weighted by atomic mass is 32.1. The average Bonchev–Trinajstić information content (AvgIpc) is 2.92. The lowest BCUT2D eigenvalue weighted by Crippen LogP contribution is -2.12. The highest BCUT2D eigenvalue weighted by Gasteiger charge is 2.00. The van der Waals surface area contributed by atoms with Crippen LogP contribution in [-0.2, 0) is 13.1 Å². The third-order valence-corrected chi connectivity index (χ3v) is 3.65. The van der Waals surface area contributed by atoms with Crippen molar-refractivity contribution >= 4 is 22.1 Å². The fourth-order valence-electron chi connectivity index (χ4n) is 1.99. The lowest BCUT2D eigenvalue weighted by molar-refractivity contribution is 0.703. The Hall–Kier alpha value is -1.78. The van der Waals surface area contributed by atoms with Crippen LogP contribution in [0.4, 0.5) is 0 Å². The normalized spacial score (nSPS) is 10.9. The average molecular weight is 255 g/mol. The molecule has 0 aliphatic rings. The van der Waals surface area contributed by atoms with Crippen LogP contribution >= 0.6 is 11.3 Å². The van der Waals surface area contributed by atoms with Gasteiger partial charge in [-0.1, -0.05) is 18.2 Å². The molecule has 3 rings (SSSR count). The molecule has 0 unspecified atom stereocenters. The largest absolute Gasteiger partial charge is 0.308 e. The summed E-state index contributed by atoms with van der Waals surface area (Å²) >= 11 is 1.68. The molecule has 0 amide bonds. The molecule has 90 valence electrons. The lowest BCUT2D eigenvalue weighted by Gasteiger charge is -2.07. The number of hydrogen-bond acceptors (Lipinski definition) is 4. The molecule has 0 bridgehead atoms. The zero-order valence-electron chi connectivity index (χ0n) is 9.84. The summed E-state index contributed by atoms with van der Waals surface area (Å²) in [5.41, 5.74) is 3.17. The second-order valence-corrected chi connectivity index (χ2v) is 5.06. The number of thiazole rings is 1. The maximum atomic E-state index is 4.15. The van der Waals surface area contributed by atoms with E-state index in [1.807, 2.05) is 24.1 Å². The fraction of sp³-hybridized carbons (Fsp3) is 0.143. The van der Waals surface area contributed by atoms with Crippen molar-refractivity contribution in [2.24, 2.45) is 0 Å². The van der Waals surface area contributed by atoms with Crippen molar-refractivity contribution < 1.29 is 0 Å². The van der Waals surface area contributed by atoms with E-state index in [2.05, 4.69) is 39.6 Å². The third kappa shape index (κ3) is 2.39. The van der Waals surface area contributed by atoms with E-state index in [9.17, 15) is 0 Å². The van der Waals surface area contributed by atoms with Crippen molar-refractivity contribution in [2.75, 3.05) is 0 Å². The number of fused-ring (bicyclic) bond motifs is 1. The molecule has 1 aromatic carbocycles. The van der Waals surface area contributed by atoms with Crippen LogP contribution in [0.1, 0.15) is 10.4 Å². The lowest BCUT2D eigenvalue weighted by atomic mass is 10.1. The van der Waals surface area contributed by atoms with E-state index in [1.165, 1.54) is 21.2 Å². The van der Waals surface area contributed by atoms with E-state index in [1.54, 1.807) is 11.3 Å². The van der Waals surface area contributed by atoms with Crippen LogP contribution in [0.3, 0.4) is 0 Å². The number of hydrogen-bond donors (Lipinski definition) is 1. The predicted octanol–water partition coefficient (Wildman–Crippen LogP) is 2.98. The maximum Gasteiger partial charge on any atom is 0.0794 e. The van der Waals surface area contributed by atoms with Crippen molar-refractivity contribution in [3.05, 3.63) is 58.8 Å². The molecule has 2 heterocycles. The van der Waals surface area contributed by atoms with Crippen molar-refractivity contribution in [2.45, 2.75) is 13.1 Å².